The van der Waals surface area contributed by atoms with Crippen LogP contribution >= 0.6 is 0 Å². The number of rotatable bonds is 9. The molecule has 0 aromatic rings. The second kappa shape index (κ2) is 11.4. The number of ether oxygens (including phenoxy) is 1. The minimum absolute atomic E-state index is 0.133. The zero-order chi connectivity index (χ0) is 19.8. The van der Waals surface area contributed by atoms with Crippen molar-refractivity contribution in [3.05, 3.63) is 0 Å². The topological polar surface area (TPSA) is 9.23 Å². The monoisotopic (exact) mass is 382 g/mol. The summed E-state index contributed by atoms with van der Waals surface area (Å²) in [5, 5.41) is 0. The van der Waals surface area contributed by atoms with Crippen LogP contribution in [0.15, 0.2) is 0 Å². The van der Waals surface area contributed by atoms with Crippen LogP contribution in [0, 0.1) is 36.0 Å². The van der Waals surface area contributed by atoms with Gasteiger partial charge in [-0.25, -0.2) is 8.78 Å². The van der Waals surface area contributed by atoms with Crippen molar-refractivity contribution in [3.63, 3.8) is 0 Å². The highest BCUT2D eigenvalue weighted by Gasteiger charge is 2.44. The lowest BCUT2D eigenvalue weighted by atomic mass is 9.68. The molecule has 2 rings (SSSR count). The van der Waals surface area contributed by atoms with Gasteiger partial charge in [0.05, 0.1) is 6.10 Å². The van der Waals surface area contributed by atoms with Crippen molar-refractivity contribution in [2.24, 2.45) is 23.7 Å². The predicted octanol–water partition coefficient (Wildman–Crippen LogP) is 6.89. The van der Waals surface area contributed by atoms with Gasteiger partial charge < -0.3 is 4.74 Å². The summed E-state index contributed by atoms with van der Waals surface area (Å²) in [6.45, 7) is 6.34. The summed E-state index contributed by atoms with van der Waals surface area (Å²) in [4.78, 5) is 0. The summed E-state index contributed by atoms with van der Waals surface area (Å²) in [5.41, 5.74) is 0. The molecule has 6 atom stereocenters. The Morgan fingerprint density at radius 3 is 2.33 bits per heavy atom. The van der Waals surface area contributed by atoms with Crippen LogP contribution in [0.2, 0.25) is 0 Å². The molecule has 2 aliphatic carbocycles. The average Bonchev–Trinajstić information content (AvgIpc) is 2.66. The summed E-state index contributed by atoms with van der Waals surface area (Å²) in [7, 11) is 0. The van der Waals surface area contributed by atoms with Gasteiger partial charge in [0.15, 0.2) is 6.17 Å². The molecule has 0 aromatic heterocycles. The Hall–Kier alpha value is -0.620. The van der Waals surface area contributed by atoms with E-state index in [0.717, 1.165) is 31.1 Å². The fourth-order valence-electron chi connectivity index (χ4n) is 5.35. The van der Waals surface area contributed by atoms with Gasteiger partial charge in [-0.2, -0.15) is 0 Å². The fourth-order valence-corrected chi connectivity index (χ4v) is 5.35. The van der Waals surface area contributed by atoms with E-state index < -0.39 is 24.6 Å². The maximum Gasteiger partial charge on any atom is 0.157 e. The first kappa shape index (κ1) is 22.7. The largest absolute Gasteiger partial charge is 0.359 e. The van der Waals surface area contributed by atoms with E-state index in [4.69, 9.17) is 11.2 Å². The van der Waals surface area contributed by atoms with Crippen molar-refractivity contribution in [2.45, 2.75) is 116 Å². The first-order valence-corrected chi connectivity index (χ1v) is 11.4. The Morgan fingerprint density at radius 1 is 1.00 bits per heavy atom. The molecule has 0 bridgehead atoms. The summed E-state index contributed by atoms with van der Waals surface area (Å²) in [6.07, 6.45) is 13.7. The van der Waals surface area contributed by atoms with Gasteiger partial charge in [-0.1, -0.05) is 64.7 Å². The Labute approximate surface area is 166 Å². The lowest BCUT2D eigenvalue weighted by molar-refractivity contribution is -0.0976. The van der Waals surface area contributed by atoms with Crippen LogP contribution in [-0.2, 0) is 4.74 Å². The highest BCUT2D eigenvalue weighted by atomic mass is 19.2. The summed E-state index contributed by atoms with van der Waals surface area (Å²) in [5.74, 6) is 4.30. The van der Waals surface area contributed by atoms with Crippen molar-refractivity contribution in [3.8, 4) is 12.3 Å². The van der Waals surface area contributed by atoms with Gasteiger partial charge in [-0.05, 0) is 56.3 Å². The minimum atomic E-state index is -1.53. The van der Waals surface area contributed by atoms with Crippen LogP contribution < -0.4 is 0 Å². The number of halogens is 2. The van der Waals surface area contributed by atoms with E-state index in [1.54, 1.807) is 6.92 Å². The van der Waals surface area contributed by atoms with Crippen LogP contribution in [0.5, 0.6) is 0 Å². The molecule has 2 aliphatic rings. The first-order chi connectivity index (χ1) is 13.0. The molecule has 0 amide bonds. The lowest BCUT2D eigenvalue weighted by Gasteiger charge is -2.41. The molecular formula is C24H40F2O. The van der Waals surface area contributed by atoms with E-state index >= 15 is 0 Å². The van der Waals surface area contributed by atoms with Crippen LogP contribution in [0.3, 0.4) is 0 Å². The molecule has 0 aliphatic heterocycles. The van der Waals surface area contributed by atoms with Crippen molar-refractivity contribution >= 4 is 0 Å². The predicted molar refractivity (Wildman–Crippen MR) is 109 cm³/mol. The van der Waals surface area contributed by atoms with E-state index in [0.29, 0.717) is 12.3 Å². The third kappa shape index (κ3) is 6.74. The summed E-state index contributed by atoms with van der Waals surface area (Å²) >= 11 is 0. The van der Waals surface area contributed by atoms with Gasteiger partial charge in [0.2, 0.25) is 0 Å². The number of alkyl halides is 2. The zero-order valence-electron chi connectivity index (χ0n) is 17.6. The van der Waals surface area contributed by atoms with Gasteiger partial charge in [-0.3, -0.25) is 0 Å². The molecule has 2 saturated carbocycles. The van der Waals surface area contributed by atoms with Gasteiger partial charge >= 0.3 is 0 Å². The lowest BCUT2D eigenvalue weighted by Crippen LogP contribution is -2.46. The second-order valence-electron chi connectivity index (χ2n) is 9.22. The van der Waals surface area contributed by atoms with Crippen molar-refractivity contribution in [1.29, 1.82) is 0 Å². The smallest absolute Gasteiger partial charge is 0.157 e. The number of hydrogen-bond acceptors (Lipinski definition) is 1. The van der Waals surface area contributed by atoms with Gasteiger partial charge in [0.1, 0.15) is 12.3 Å². The van der Waals surface area contributed by atoms with Crippen LogP contribution in [0.1, 0.15) is 91.4 Å². The molecule has 0 spiro atoms. The summed E-state index contributed by atoms with van der Waals surface area (Å²) in [6, 6.07) is 0. The van der Waals surface area contributed by atoms with E-state index in [2.05, 4.69) is 19.8 Å². The maximum absolute atomic E-state index is 14.8. The molecule has 6 unspecified atom stereocenters. The number of hydrogen-bond donors (Lipinski definition) is 0. The SMILES string of the molecule is C#CC(C)OC1CCC(C2CCC(CCCC(C)CCC)CC2)C(F)C1F. The molecule has 2 fully saturated rings. The Bertz CT molecular complexity index is 452. The third-order valence-corrected chi connectivity index (χ3v) is 7.05. The van der Waals surface area contributed by atoms with E-state index in [1.165, 1.54) is 44.9 Å². The van der Waals surface area contributed by atoms with Gasteiger partial charge in [0.25, 0.3) is 0 Å². The van der Waals surface area contributed by atoms with Crippen LogP contribution in [-0.4, -0.2) is 24.6 Å². The molecule has 0 aromatic carbocycles. The molecule has 1 nitrogen and oxygen atoms in total. The summed E-state index contributed by atoms with van der Waals surface area (Å²) < 4.78 is 34.8. The second-order valence-corrected chi connectivity index (χ2v) is 9.22. The third-order valence-electron chi connectivity index (χ3n) is 7.05. The van der Waals surface area contributed by atoms with Crippen molar-refractivity contribution < 1.29 is 13.5 Å². The van der Waals surface area contributed by atoms with E-state index in [1.807, 2.05) is 0 Å². The minimum Gasteiger partial charge on any atom is -0.359 e. The molecule has 3 heteroatoms. The Balaban J connectivity index is 1.72. The van der Waals surface area contributed by atoms with E-state index in [-0.39, 0.29) is 5.92 Å². The van der Waals surface area contributed by atoms with Crippen LogP contribution in [0.4, 0.5) is 8.78 Å². The van der Waals surface area contributed by atoms with Crippen molar-refractivity contribution in [1.82, 2.24) is 0 Å². The maximum atomic E-state index is 14.8. The Kier molecular flexibility index (Phi) is 9.57. The molecule has 0 saturated heterocycles. The Morgan fingerprint density at radius 2 is 1.70 bits per heavy atom. The zero-order valence-corrected chi connectivity index (χ0v) is 17.6. The van der Waals surface area contributed by atoms with Gasteiger partial charge in [-0.15, -0.1) is 6.42 Å². The standard InChI is InChI=1S/C24H40F2O/c1-5-8-17(3)9-7-10-19-11-13-20(14-12-19)21-15-16-22(24(26)23(21)25)27-18(4)6-2/h2,17-24H,5,7-16H2,1,3-4H3. The number of terminal acetylenes is 1. The van der Waals surface area contributed by atoms with Gasteiger partial charge in [0, 0.05) is 0 Å². The normalized spacial score (nSPS) is 36.7. The highest BCUT2D eigenvalue weighted by molar-refractivity contribution is 4.97. The molecule has 0 N–H and O–H groups in total. The molecular weight excluding hydrogens is 342 g/mol. The fraction of sp³-hybridized carbons (Fsp3) is 0.917. The van der Waals surface area contributed by atoms with E-state index in [9.17, 15) is 8.78 Å². The molecule has 27 heavy (non-hydrogen) atoms. The molecule has 0 heterocycles. The average molecular weight is 383 g/mol. The van der Waals surface area contributed by atoms with Crippen LogP contribution in [0.25, 0.3) is 0 Å². The molecule has 0 radical (unpaired) electrons. The van der Waals surface area contributed by atoms with Crippen molar-refractivity contribution in [2.75, 3.05) is 0 Å². The molecule has 156 valence electrons. The quantitative estimate of drug-likeness (QED) is 0.394. The highest BCUT2D eigenvalue weighted by Crippen LogP contribution is 2.43. The first-order valence-electron chi connectivity index (χ1n) is 11.4.